The van der Waals surface area contributed by atoms with E-state index in [1.165, 1.54) is 23.5 Å². The average molecular weight is 344 g/mol. The van der Waals surface area contributed by atoms with E-state index in [1.54, 1.807) is 23.0 Å². The second kappa shape index (κ2) is 6.52. The van der Waals surface area contributed by atoms with Crippen LogP contribution in [0.15, 0.2) is 36.7 Å². The monoisotopic (exact) mass is 344 g/mol. The first-order chi connectivity index (χ1) is 11.5. The molecule has 0 aliphatic heterocycles. The molecule has 0 radical (unpaired) electrons. The molecular weight excluding hydrogens is 327 g/mol. The Hall–Kier alpha value is -2.54. The van der Waals surface area contributed by atoms with Crippen LogP contribution in [0.2, 0.25) is 0 Å². The number of hydrogen-bond acceptors (Lipinski definition) is 4. The van der Waals surface area contributed by atoms with Gasteiger partial charge < -0.3 is 9.88 Å². The van der Waals surface area contributed by atoms with Crippen molar-refractivity contribution in [2.24, 2.45) is 7.05 Å². The van der Waals surface area contributed by atoms with Gasteiger partial charge in [0, 0.05) is 11.9 Å². The lowest BCUT2D eigenvalue weighted by Gasteiger charge is -2.11. The molecule has 2 heterocycles. The predicted molar refractivity (Wildman–Crippen MR) is 91.3 cm³/mol. The lowest BCUT2D eigenvalue weighted by atomic mass is 10.1. The Labute approximate surface area is 143 Å². The maximum absolute atomic E-state index is 13.1. The van der Waals surface area contributed by atoms with Crippen molar-refractivity contribution in [3.05, 3.63) is 58.7 Å². The second-order valence-corrected chi connectivity index (χ2v) is 6.68. The van der Waals surface area contributed by atoms with Gasteiger partial charge in [-0.05, 0) is 43.2 Å². The molecule has 3 aromatic rings. The first-order valence-corrected chi connectivity index (χ1v) is 8.28. The van der Waals surface area contributed by atoms with Gasteiger partial charge in [-0.1, -0.05) is 12.1 Å². The van der Waals surface area contributed by atoms with Gasteiger partial charge in [-0.15, -0.1) is 21.5 Å². The summed E-state index contributed by atoms with van der Waals surface area (Å²) in [7, 11) is 1.83. The molecule has 0 unspecified atom stereocenters. The number of rotatable bonds is 4. The highest BCUT2D eigenvalue weighted by atomic mass is 32.1. The van der Waals surface area contributed by atoms with Gasteiger partial charge in [0.2, 0.25) is 0 Å². The molecule has 0 aliphatic carbocycles. The van der Waals surface area contributed by atoms with Gasteiger partial charge in [-0.2, -0.15) is 0 Å². The Morgan fingerprint density at radius 3 is 2.67 bits per heavy atom. The summed E-state index contributed by atoms with van der Waals surface area (Å²) in [6.45, 7) is 3.81. The maximum atomic E-state index is 13.1. The first-order valence-electron chi connectivity index (χ1n) is 7.47. The van der Waals surface area contributed by atoms with E-state index in [0.717, 1.165) is 16.0 Å². The lowest BCUT2D eigenvalue weighted by Crippen LogP contribution is -2.27. The zero-order valence-electron chi connectivity index (χ0n) is 13.6. The minimum absolute atomic E-state index is 0.160. The van der Waals surface area contributed by atoms with Crippen LogP contribution in [0.4, 0.5) is 4.39 Å². The van der Waals surface area contributed by atoms with Crippen LogP contribution in [0.25, 0.3) is 10.4 Å². The van der Waals surface area contributed by atoms with Crippen LogP contribution in [0.3, 0.4) is 0 Å². The minimum atomic E-state index is -0.275. The van der Waals surface area contributed by atoms with Crippen LogP contribution in [-0.4, -0.2) is 20.7 Å². The molecule has 0 saturated heterocycles. The number of nitrogens with one attached hydrogen (secondary N) is 1. The highest BCUT2D eigenvalue weighted by molar-refractivity contribution is 7.17. The Balaban J connectivity index is 1.80. The minimum Gasteiger partial charge on any atom is -0.342 e. The summed E-state index contributed by atoms with van der Waals surface area (Å²) in [5.74, 6) is 0.255. The quantitative estimate of drug-likeness (QED) is 0.788. The highest BCUT2D eigenvalue weighted by Crippen LogP contribution is 2.32. The van der Waals surface area contributed by atoms with E-state index in [0.29, 0.717) is 10.7 Å². The SMILES string of the molecule is Cc1cc(C(=O)N[C@@H](C)c2nncn2C)sc1-c1ccc(F)cc1. The fourth-order valence-electron chi connectivity index (χ4n) is 2.50. The third-order valence-corrected chi connectivity index (χ3v) is 5.01. The largest absolute Gasteiger partial charge is 0.342 e. The van der Waals surface area contributed by atoms with Crippen molar-refractivity contribution >= 4 is 17.2 Å². The van der Waals surface area contributed by atoms with Crippen molar-refractivity contribution in [1.82, 2.24) is 20.1 Å². The van der Waals surface area contributed by atoms with E-state index in [4.69, 9.17) is 0 Å². The van der Waals surface area contributed by atoms with Crippen molar-refractivity contribution in [2.75, 3.05) is 0 Å². The van der Waals surface area contributed by atoms with Crippen LogP contribution < -0.4 is 5.32 Å². The predicted octanol–water partition coefficient (Wildman–Crippen LogP) is 3.48. The molecule has 0 spiro atoms. The van der Waals surface area contributed by atoms with Gasteiger partial charge in [0.05, 0.1) is 10.9 Å². The maximum Gasteiger partial charge on any atom is 0.261 e. The number of carbonyl (C=O) groups excluding carboxylic acids is 1. The number of benzene rings is 1. The molecule has 1 atom stereocenters. The van der Waals surface area contributed by atoms with E-state index in [1.807, 2.05) is 27.0 Å². The number of aryl methyl sites for hydroxylation is 2. The van der Waals surface area contributed by atoms with Crippen molar-refractivity contribution < 1.29 is 9.18 Å². The number of aromatic nitrogens is 3. The molecule has 1 N–H and O–H groups in total. The summed E-state index contributed by atoms with van der Waals surface area (Å²) in [4.78, 5) is 14.1. The summed E-state index contributed by atoms with van der Waals surface area (Å²) in [6.07, 6.45) is 1.60. The van der Waals surface area contributed by atoms with Crippen LogP contribution in [-0.2, 0) is 7.05 Å². The molecule has 1 aromatic carbocycles. The average Bonchev–Trinajstić information content (AvgIpc) is 3.14. The standard InChI is InChI=1S/C17H17FN4OS/c1-10-8-14(24-15(10)12-4-6-13(18)7-5-12)17(23)20-11(2)16-21-19-9-22(16)3/h4-9,11H,1-3H3,(H,20,23)/t11-/m0/s1. The number of nitrogens with zero attached hydrogens (tertiary/aromatic N) is 3. The number of thiophene rings is 1. The summed E-state index contributed by atoms with van der Waals surface area (Å²) in [5.41, 5.74) is 1.89. The Morgan fingerprint density at radius 1 is 1.33 bits per heavy atom. The molecule has 7 heteroatoms. The zero-order chi connectivity index (χ0) is 17.3. The molecule has 0 fully saturated rings. The van der Waals surface area contributed by atoms with Gasteiger partial charge in [0.1, 0.15) is 12.1 Å². The normalized spacial score (nSPS) is 12.2. The Kier molecular flexibility index (Phi) is 4.44. The fourth-order valence-corrected chi connectivity index (χ4v) is 3.58. The van der Waals surface area contributed by atoms with E-state index in [-0.39, 0.29) is 17.8 Å². The Morgan fingerprint density at radius 2 is 2.04 bits per heavy atom. The van der Waals surface area contributed by atoms with Crippen LogP contribution in [0.5, 0.6) is 0 Å². The molecule has 24 heavy (non-hydrogen) atoms. The van der Waals surface area contributed by atoms with Crippen molar-refractivity contribution in [3.63, 3.8) is 0 Å². The third kappa shape index (κ3) is 3.21. The summed E-state index contributed by atoms with van der Waals surface area (Å²) in [5, 5.41) is 10.8. The molecule has 0 bridgehead atoms. The third-order valence-electron chi connectivity index (χ3n) is 3.73. The topological polar surface area (TPSA) is 59.8 Å². The zero-order valence-corrected chi connectivity index (χ0v) is 14.4. The molecule has 124 valence electrons. The number of carbonyl (C=O) groups is 1. The molecule has 1 amide bonds. The van der Waals surface area contributed by atoms with Crippen molar-refractivity contribution in [2.45, 2.75) is 19.9 Å². The summed E-state index contributed by atoms with van der Waals surface area (Å²) in [6, 6.07) is 7.88. The van der Waals surface area contributed by atoms with Gasteiger partial charge >= 0.3 is 0 Å². The lowest BCUT2D eigenvalue weighted by molar-refractivity contribution is 0.0942. The van der Waals surface area contributed by atoms with Crippen LogP contribution in [0.1, 0.15) is 34.0 Å². The number of amides is 1. The molecule has 0 aliphatic rings. The van der Waals surface area contributed by atoms with E-state index in [2.05, 4.69) is 15.5 Å². The number of halogens is 1. The second-order valence-electron chi connectivity index (χ2n) is 5.62. The van der Waals surface area contributed by atoms with E-state index in [9.17, 15) is 9.18 Å². The molecule has 5 nitrogen and oxygen atoms in total. The molecule has 2 aromatic heterocycles. The number of hydrogen-bond donors (Lipinski definition) is 1. The first kappa shape index (κ1) is 16.3. The molecular formula is C17H17FN4OS. The fraction of sp³-hybridized carbons (Fsp3) is 0.235. The van der Waals surface area contributed by atoms with E-state index < -0.39 is 0 Å². The van der Waals surface area contributed by atoms with Gasteiger partial charge in [0.25, 0.3) is 5.91 Å². The Bertz CT molecular complexity index is 869. The summed E-state index contributed by atoms with van der Waals surface area (Å²) < 4.78 is 14.8. The highest BCUT2D eigenvalue weighted by Gasteiger charge is 2.18. The van der Waals surface area contributed by atoms with E-state index >= 15 is 0 Å². The van der Waals surface area contributed by atoms with Crippen LogP contribution in [0, 0.1) is 12.7 Å². The van der Waals surface area contributed by atoms with Crippen LogP contribution >= 0.6 is 11.3 Å². The molecule has 0 saturated carbocycles. The van der Waals surface area contributed by atoms with Gasteiger partial charge in [0.15, 0.2) is 5.82 Å². The smallest absolute Gasteiger partial charge is 0.261 e. The van der Waals surface area contributed by atoms with Crippen molar-refractivity contribution in [1.29, 1.82) is 0 Å². The molecule has 3 rings (SSSR count). The van der Waals surface area contributed by atoms with Gasteiger partial charge in [-0.25, -0.2) is 4.39 Å². The van der Waals surface area contributed by atoms with Gasteiger partial charge in [-0.3, -0.25) is 4.79 Å². The van der Waals surface area contributed by atoms with Crippen molar-refractivity contribution in [3.8, 4) is 10.4 Å². The summed E-state index contributed by atoms with van der Waals surface area (Å²) >= 11 is 1.39.